The molecule has 3 heteroatoms. The molecule has 0 heterocycles. The van der Waals surface area contributed by atoms with E-state index in [0.717, 1.165) is 38.6 Å². The number of anilines is 6. The van der Waals surface area contributed by atoms with E-state index in [4.69, 9.17) is 0 Å². The van der Waals surface area contributed by atoms with Gasteiger partial charge < -0.3 is 9.80 Å². The van der Waals surface area contributed by atoms with Gasteiger partial charge in [-0.1, -0.05) is 113 Å². The van der Waals surface area contributed by atoms with E-state index < -0.39 is 0 Å². The van der Waals surface area contributed by atoms with Gasteiger partial charge in [-0.15, -0.1) is 0 Å². The summed E-state index contributed by atoms with van der Waals surface area (Å²) >= 11 is 3.83. The molecule has 0 saturated carbocycles. The molecule has 0 saturated heterocycles. The molecule has 6 rings (SSSR count). The molecular weight excluding hydrogens is 540 g/mol. The van der Waals surface area contributed by atoms with Crippen LogP contribution in [0.4, 0.5) is 34.1 Å². The number of para-hydroxylation sites is 3. The predicted molar refractivity (Wildman–Crippen MR) is 169 cm³/mol. The van der Waals surface area contributed by atoms with E-state index in [9.17, 15) is 0 Å². The van der Waals surface area contributed by atoms with Crippen molar-refractivity contribution in [2.75, 3.05) is 9.80 Å². The zero-order valence-corrected chi connectivity index (χ0v) is 22.9. The van der Waals surface area contributed by atoms with Crippen LogP contribution in [0.2, 0.25) is 0 Å². The minimum atomic E-state index is 1.01. The van der Waals surface area contributed by atoms with E-state index in [1.54, 1.807) is 0 Å². The Morgan fingerprint density at radius 2 is 0.641 bits per heavy atom. The summed E-state index contributed by atoms with van der Waals surface area (Å²) < 4.78 is 1.01. The third kappa shape index (κ3) is 5.50. The van der Waals surface area contributed by atoms with Crippen LogP contribution in [0.3, 0.4) is 0 Å². The van der Waals surface area contributed by atoms with E-state index in [0.29, 0.717) is 0 Å². The second kappa shape index (κ2) is 11.4. The summed E-state index contributed by atoms with van der Waals surface area (Å²) in [7, 11) is 0. The summed E-state index contributed by atoms with van der Waals surface area (Å²) in [6, 6.07) is 57.4. The predicted octanol–water partition coefficient (Wildman–Crippen LogP) is 11.1. The third-order valence-corrected chi connectivity index (χ3v) is 7.12. The van der Waals surface area contributed by atoms with Gasteiger partial charge in [0.1, 0.15) is 0 Å². The van der Waals surface area contributed by atoms with Crippen LogP contribution in [-0.4, -0.2) is 0 Å². The number of hydrogen-bond acceptors (Lipinski definition) is 2. The van der Waals surface area contributed by atoms with Crippen LogP contribution in [-0.2, 0) is 0 Å². The molecular formula is C36H27BrN2. The summed E-state index contributed by atoms with van der Waals surface area (Å²) in [5.74, 6) is 0. The lowest BCUT2D eigenvalue weighted by molar-refractivity contribution is 1.24. The Hall–Kier alpha value is -4.60. The first kappa shape index (κ1) is 24.7. The maximum absolute atomic E-state index is 3.83. The fourth-order valence-electron chi connectivity index (χ4n) is 4.88. The highest BCUT2D eigenvalue weighted by atomic mass is 79.9. The molecule has 0 aliphatic rings. The second-order valence-corrected chi connectivity index (χ2v) is 10.2. The van der Waals surface area contributed by atoms with Crippen LogP contribution in [0.1, 0.15) is 0 Å². The molecule has 0 atom stereocenters. The largest absolute Gasteiger partial charge is 0.310 e. The van der Waals surface area contributed by atoms with E-state index in [2.05, 4.69) is 183 Å². The van der Waals surface area contributed by atoms with Crippen LogP contribution in [0.25, 0.3) is 11.1 Å². The minimum Gasteiger partial charge on any atom is -0.310 e. The molecule has 188 valence electrons. The Balaban J connectivity index is 1.48. The zero-order chi connectivity index (χ0) is 26.4. The van der Waals surface area contributed by atoms with Crippen molar-refractivity contribution in [3.8, 4) is 11.1 Å². The lowest BCUT2D eigenvalue weighted by Crippen LogP contribution is -2.13. The molecule has 0 aliphatic carbocycles. The monoisotopic (exact) mass is 566 g/mol. The molecule has 2 nitrogen and oxygen atoms in total. The highest BCUT2D eigenvalue weighted by Crippen LogP contribution is 2.42. The zero-order valence-electron chi connectivity index (χ0n) is 21.4. The van der Waals surface area contributed by atoms with E-state index in [1.165, 1.54) is 11.1 Å². The number of hydrogen-bond donors (Lipinski definition) is 0. The quantitative estimate of drug-likeness (QED) is 0.189. The van der Waals surface area contributed by atoms with Crippen LogP contribution in [0.5, 0.6) is 0 Å². The van der Waals surface area contributed by atoms with Gasteiger partial charge in [0.05, 0.1) is 0 Å². The van der Waals surface area contributed by atoms with Gasteiger partial charge in [0.2, 0.25) is 0 Å². The number of nitrogens with zero attached hydrogens (tertiary/aromatic N) is 2. The number of halogens is 1. The standard InChI is InChI=1S/C36H27BrN2/c37-30-25-35(38(31-15-7-2-8-16-31)32-17-9-3-10-18-32)27-36(26-30)39(33-19-11-4-12-20-33)34-23-21-29(22-24-34)28-13-5-1-6-14-28/h1-27H. The fourth-order valence-corrected chi connectivity index (χ4v) is 5.35. The Morgan fingerprint density at radius 3 is 1.05 bits per heavy atom. The van der Waals surface area contributed by atoms with Crippen molar-refractivity contribution in [2.24, 2.45) is 0 Å². The molecule has 0 fully saturated rings. The van der Waals surface area contributed by atoms with Gasteiger partial charge in [-0.25, -0.2) is 0 Å². The third-order valence-electron chi connectivity index (χ3n) is 6.66. The molecule has 0 spiro atoms. The first-order valence-electron chi connectivity index (χ1n) is 13.0. The van der Waals surface area contributed by atoms with Crippen molar-refractivity contribution in [3.05, 3.63) is 168 Å². The molecule has 6 aromatic rings. The molecule has 0 unspecified atom stereocenters. The lowest BCUT2D eigenvalue weighted by atomic mass is 10.0. The van der Waals surface area contributed by atoms with E-state index in [-0.39, 0.29) is 0 Å². The molecule has 0 bridgehead atoms. The minimum absolute atomic E-state index is 1.01. The Bertz CT molecular complexity index is 1600. The first-order chi connectivity index (χ1) is 19.3. The van der Waals surface area contributed by atoms with Gasteiger partial charge >= 0.3 is 0 Å². The summed E-state index contributed by atoms with van der Waals surface area (Å²) in [6.07, 6.45) is 0. The first-order valence-corrected chi connectivity index (χ1v) is 13.8. The number of rotatable bonds is 7. The van der Waals surface area contributed by atoms with Gasteiger partial charge in [0, 0.05) is 38.6 Å². The van der Waals surface area contributed by atoms with Crippen LogP contribution < -0.4 is 9.80 Å². The molecule has 0 aromatic heterocycles. The van der Waals surface area contributed by atoms with Gasteiger partial charge in [0.25, 0.3) is 0 Å². The van der Waals surface area contributed by atoms with Crippen LogP contribution >= 0.6 is 15.9 Å². The normalized spacial score (nSPS) is 10.7. The van der Waals surface area contributed by atoms with Gasteiger partial charge in [-0.05, 0) is 77.9 Å². The summed E-state index contributed by atoms with van der Waals surface area (Å²) in [6.45, 7) is 0. The topological polar surface area (TPSA) is 6.48 Å². The highest BCUT2D eigenvalue weighted by molar-refractivity contribution is 9.10. The van der Waals surface area contributed by atoms with E-state index in [1.807, 2.05) is 6.07 Å². The smallest absolute Gasteiger partial charge is 0.0493 e. The molecule has 6 aromatic carbocycles. The van der Waals surface area contributed by atoms with E-state index >= 15 is 0 Å². The van der Waals surface area contributed by atoms with Crippen LogP contribution in [0, 0.1) is 0 Å². The summed E-state index contributed by atoms with van der Waals surface area (Å²) in [5.41, 5.74) is 8.94. The Labute approximate surface area is 238 Å². The average Bonchev–Trinajstić information content (AvgIpc) is 3.00. The van der Waals surface area contributed by atoms with Crippen molar-refractivity contribution in [1.29, 1.82) is 0 Å². The molecule has 0 aliphatic heterocycles. The van der Waals surface area contributed by atoms with Gasteiger partial charge in [0.15, 0.2) is 0 Å². The van der Waals surface area contributed by atoms with Crippen molar-refractivity contribution in [1.82, 2.24) is 0 Å². The van der Waals surface area contributed by atoms with Gasteiger partial charge in [-0.3, -0.25) is 0 Å². The van der Waals surface area contributed by atoms with Crippen molar-refractivity contribution >= 4 is 50.1 Å². The maximum atomic E-state index is 3.83. The van der Waals surface area contributed by atoms with Crippen LogP contribution in [0.15, 0.2) is 168 Å². The van der Waals surface area contributed by atoms with Gasteiger partial charge in [-0.2, -0.15) is 0 Å². The lowest BCUT2D eigenvalue weighted by Gasteiger charge is -2.30. The van der Waals surface area contributed by atoms with Crippen molar-refractivity contribution in [3.63, 3.8) is 0 Å². The molecule has 0 amide bonds. The van der Waals surface area contributed by atoms with Crippen molar-refractivity contribution in [2.45, 2.75) is 0 Å². The Morgan fingerprint density at radius 1 is 0.308 bits per heavy atom. The fraction of sp³-hybridized carbons (Fsp3) is 0. The summed E-state index contributed by atoms with van der Waals surface area (Å²) in [5, 5.41) is 0. The molecule has 0 radical (unpaired) electrons. The number of benzene rings is 6. The maximum Gasteiger partial charge on any atom is 0.0493 e. The van der Waals surface area contributed by atoms with Crippen molar-refractivity contribution < 1.29 is 0 Å². The SMILES string of the molecule is Brc1cc(N(c2ccccc2)c2ccccc2)cc(N(c2ccccc2)c2ccc(-c3ccccc3)cc2)c1. The summed E-state index contributed by atoms with van der Waals surface area (Å²) in [4.78, 5) is 4.59. The molecule has 0 N–H and O–H groups in total. The Kier molecular flexibility index (Phi) is 7.24. The highest BCUT2D eigenvalue weighted by Gasteiger charge is 2.18. The average molecular weight is 568 g/mol. The second-order valence-electron chi connectivity index (χ2n) is 9.26. The molecule has 39 heavy (non-hydrogen) atoms.